The summed E-state index contributed by atoms with van der Waals surface area (Å²) in [5, 5.41) is 0.514. The molecule has 5 heterocycles. The van der Waals surface area contributed by atoms with Crippen molar-refractivity contribution in [2.75, 3.05) is 13.2 Å². The predicted molar refractivity (Wildman–Crippen MR) is 138 cm³/mol. The second-order valence-corrected chi connectivity index (χ2v) is 9.55. The summed E-state index contributed by atoms with van der Waals surface area (Å²) in [7, 11) is 0. The van der Waals surface area contributed by atoms with Crippen molar-refractivity contribution in [3.63, 3.8) is 0 Å². The van der Waals surface area contributed by atoms with Crippen LogP contribution < -0.4 is 10.4 Å². The molecule has 7 rings (SSSR count). The molecule has 0 amide bonds. The van der Waals surface area contributed by atoms with E-state index in [4.69, 9.17) is 30.8 Å². The van der Waals surface area contributed by atoms with Crippen LogP contribution in [0.5, 0.6) is 6.01 Å². The van der Waals surface area contributed by atoms with Crippen molar-refractivity contribution in [3.05, 3.63) is 82.5 Å². The summed E-state index contributed by atoms with van der Waals surface area (Å²) in [6, 6.07) is 18.0. The smallest absolute Gasteiger partial charge is 0.330 e. The van der Waals surface area contributed by atoms with E-state index in [9.17, 15) is 4.79 Å². The van der Waals surface area contributed by atoms with E-state index in [1.165, 1.54) is 0 Å². The molecule has 2 N–H and O–H groups in total. The largest absolute Gasteiger partial charge is 0.456 e. The summed E-state index contributed by atoms with van der Waals surface area (Å²) in [4.78, 5) is 26.9. The number of hydrogen-bond acceptors (Lipinski definition) is 6. The maximum absolute atomic E-state index is 11.8. The van der Waals surface area contributed by atoms with Gasteiger partial charge in [0, 0.05) is 24.6 Å². The van der Waals surface area contributed by atoms with Crippen LogP contribution in [-0.4, -0.2) is 56.0 Å². The monoisotopic (exact) mass is 515 g/mol. The van der Waals surface area contributed by atoms with Gasteiger partial charge in [-0.3, -0.25) is 4.57 Å². The van der Waals surface area contributed by atoms with Gasteiger partial charge in [-0.1, -0.05) is 48.0 Å². The van der Waals surface area contributed by atoms with Crippen molar-refractivity contribution >= 4 is 22.8 Å². The lowest BCUT2D eigenvalue weighted by atomic mass is 10.0. The fraction of sp³-hybridized carbons (Fsp3) is 0.222. The van der Waals surface area contributed by atoms with Crippen molar-refractivity contribution in [3.8, 4) is 34.1 Å². The van der Waals surface area contributed by atoms with E-state index in [1.807, 2.05) is 54.6 Å². The number of aromatic nitrogens is 5. The number of pyridine rings is 1. The Hall–Kier alpha value is -3.92. The first-order valence-electron chi connectivity index (χ1n) is 12.1. The van der Waals surface area contributed by atoms with Gasteiger partial charge in [0.2, 0.25) is 0 Å². The minimum Gasteiger partial charge on any atom is -0.456 e. The third-order valence-electron chi connectivity index (χ3n) is 6.87. The summed E-state index contributed by atoms with van der Waals surface area (Å²) in [6.45, 7) is 1.17. The number of benzene rings is 2. The van der Waals surface area contributed by atoms with Crippen molar-refractivity contribution in [1.82, 2.24) is 24.5 Å². The van der Waals surface area contributed by atoms with Crippen molar-refractivity contribution in [2.45, 2.75) is 24.7 Å². The molecule has 0 radical (unpaired) electrons. The Labute approximate surface area is 216 Å². The van der Waals surface area contributed by atoms with E-state index in [0.717, 1.165) is 28.8 Å². The molecule has 2 aliphatic heterocycles. The van der Waals surface area contributed by atoms with Crippen LogP contribution >= 0.6 is 11.6 Å². The highest BCUT2D eigenvalue weighted by Crippen LogP contribution is 2.33. The zero-order valence-electron chi connectivity index (χ0n) is 19.6. The SMILES string of the molecule is O=c1[nH]ccn1-c1ccc(-c2ccc(-c3nc4nc(O[C@@H]5COC6CCOC65)[nH]c4cc3Cl)cc2)cc1. The number of ether oxygens (including phenoxy) is 3. The molecule has 3 aromatic heterocycles. The molecule has 0 aliphatic carbocycles. The van der Waals surface area contributed by atoms with Crippen LogP contribution in [0.4, 0.5) is 0 Å². The molecule has 2 fully saturated rings. The highest BCUT2D eigenvalue weighted by atomic mass is 35.5. The van der Waals surface area contributed by atoms with Crippen molar-refractivity contribution in [2.24, 2.45) is 0 Å². The standard InChI is InChI=1S/C27H22ClN5O4/c28-19-13-20-25(32-26(30-20)37-22-14-36-21-9-12-35-24(21)22)31-23(19)17-3-1-15(2-4-17)16-5-7-18(8-6-16)33-11-10-29-27(33)34/h1-8,10-11,13,21-22,24H,9,12,14H2,(H,29,34)(H,30,31,32)/t21?,22-,24?/m1/s1. The van der Waals surface area contributed by atoms with Crippen LogP contribution in [0.25, 0.3) is 39.2 Å². The number of nitrogens with one attached hydrogen (secondary N) is 2. The average molecular weight is 516 g/mol. The van der Waals surface area contributed by atoms with Gasteiger partial charge in [0.25, 0.3) is 6.01 Å². The average Bonchev–Trinajstić information content (AvgIpc) is 3.70. The Morgan fingerprint density at radius 1 is 1.00 bits per heavy atom. The van der Waals surface area contributed by atoms with Crippen LogP contribution in [0, 0.1) is 0 Å². The Bertz CT molecular complexity index is 1640. The summed E-state index contributed by atoms with van der Waals surface area (Å²) in [6.07, 6.45) is 4.05. The van der Waals surface area contributed by atoms with Crippen LogP contribution in [-0.2, 0) is 9.47 Å². The molecule has 0 bridgehead atoms. The molecular weight excluding hydrogens is 494 g/mol. The number of nitrogens with zero attached hydrogens (tertiary/aromatic N) is 3. The summed E-state index contributed by atoms with van der Waals surface area (Å²) < 4.78 is 19.1. The lowest BCUT2D eigenvalue weighted by molar-refractivity contribution is 0.0273. The highest BCUT2D eigenvalue weighted by Gasteiger charge is 2.43. The minimum absolute atomic E-state index is 0.0633. The number of aromatic amines is 2. The molecule has 2 unspecified atom stereocenters. The van der Waals surface area contributed by atoms with Gasteiger partial charge in [-0.05, 0) is 35.7 Å². The Kier molecular flexibility index (Phi) is 5.35. The number of hydrogen-bond donors (Lipinski definition) is 2. The molecule has 0 spiro atoms. The quantitative estimate of drug-likeness (QED) is 0.360. The fourth-order valence-electron chi connectivity index (χ4n) is 4.99. The van der Waals surface area contributed by atoms with Crippen LogP contribution in [0.1, 0.15) is 6.42 Å². The van der Waals surface area contributed by atoms with Gasteiger partial charge < -0.3 is 24.2 Å². The normalized spacial score (nSPS) is 20.9. The van der Waals surface area contributed by atoms with Gasteiger partial charge in [0.1, 0.15) is 6.10 Å². The van der Waals surface area contributed by atoms with E-state index in [2.05, 4.69) is 15.0 Å². The first kappa shape index (κ1) is 22.3. The van der Waals surface area contributed by atoms with E-state index < -0.39 is 0 Å². The predicted octanol–water partition coefficient (Wildman–Crippen LogP) is 4.36. The molecule has 37 heavy (non-hydrogen) atoms. The Morgan fingerprint density at radius 3 is 2.51 bits per heavy atom. The molecule has 0 saturated carbocycles. The Balaban J connectivity index is 1.12. The van der Waals surface area contributed by atoms with E-state index >= 15 is 0 Å². The van der Waals surface area contributed by atoms with Gasteiger partial charge in [-0.2, -0.15) is 4.98 Å². The lowest BCUT2D eigenvalue weighted by Gasteiger charge is -2.15. The molecule has 2 aromatic carbocycles. The maximum atomic E-state index is 11.8. The molecular formula is C27H22ClN5O4. The molecule has 2 aliphatic rings. The minimum atomic E-state index is -0.200. The summed E-state index contributed by atoms with van der Waals surface area (Å²) in [5.41, 5.74) is 5.45. The number of imidazole rings is 2. The van der Waals surface area contributed by atoms with Crippen molar-refractivity contribution in [1.29, 1.82) is 0 Å². The van der Waals surface area contributed by atoms with Gasteiger partial charge in [-0.15, -0.1) is 0 Å². The molecule has 10 heteroatoms. The zero-order valence-corrected chi connectivity index (χ0v) is 20.3. The van der Waals surface area contributed by atoms with Gasteiger partial charge >= 0.3 is 5.69 Å². The van der Waals surface area contributed by atoms with Gasteiger partial charge in [0.05, 0.1) is 34.6 Å². The number of rotatable bonds is 5. The summed E-state index contributed by atoms with van der Waals surface area (Å²) in [5.74, 6) is 0. The summed E-state index contributed by atoms with van der Waals surface area (Å²) >= 11 is 6.60. The van der Waals surface area contributed by atoms with E-state index in [1.54, 1.807) is 17.0 Å². The Morgan fingerprint density at radius 2 is 1.76 bits per heavy atom. The number of H-pyrrole nitrogens is 2. The van der Waals surface area contributed by atoms with Crippen LogP contribution in [0.2, 0.25) is 5.02 Å². The third-order valence-corrected chi connectivity index (χ3v) is 7.16. The third kappa shape index (κ3) is 4.01. The number of halogens is 1. The fourth-order valence-corrected chi connectivity index (χ4v) is 5.25. The maximum Gasteiger partial charge on any atom is 0.330 e. The number of fused-ring (bicyclic) bond motifs is 2. The van der Waals surface area contributed by atoms with Gasteiger partial charge in [-0.25, -0.2) is 9.78 Å². The first-order chi connectivity index (χ1) is 18.1. The van der Waals surface area contributed by atoms with Crippen LogP contribution in [0.15, 0.2) is 71.8 Å². The second-order valence-electron chi connectivity index (χ2n) is 9.14. The first-order valence-corrected chi connectivity index (χ1v) is 12.4. The molecule has 9 nitrogen and oxygen atoms in total. The molecule has 3 atom stereocenters. The van der Waals surface area contributed by atoms with E-state index in [-0.39, 0.29) is 24.0 Å². The molecule has 2 saturated heterocycles. The lowest BCUT2D eigenvalue weighted by Crippen LogP contribution is -2.32. The zero-order chi connectivity index (χ0) is 24.9. The van der Waals surface area contributed by atoms with Gasteiger partial charge in [0.15, 0.2) is 11.8 Å². The van der Waals surface area contributed by atoms with E-state index in [0.29, 0.717) is 41.1 Å². The molecule has 186 valence electrons. The van der Waals surface area contributed by atoms with Crippen molar-refractivity contribution < 1.29 is 14.2 Å². The molecule has 5 aromatic rings. The van der Waals surface area contributed by atoms with Crippen LogP contribution in [0.3, 0.4) is 0 Å². The topological polar surface area (TPSA) is 107 Å². The second kappa shape index (κ2) is 8.88. The highest BCUT2D eigenvalue weighted by molar-refractivity contribution is 6.33.